The molecule has 1 N–H and O–H groups in total. The minimum Gasteiger partial charge on any atom is -0.478 e. The van der Waals surface area contributed by atoms with E-state index in [9.17, 15) is 9.90 Å². The van der Waals surface area contributed by atoms with Crippen molar-refractivity contribution in [1.82, 2.24) is 4.90 Å². The van der Waals surface area contributed by atoms with Crippen LogP contribution < -0.4 is 4.90 Å². The predicted molar refractivity (Wildman–Crippen MR) is 121 cm³/mol. The summed E-state index contributed by atoms with van der Waals surface area (Å²) in [7, 11) is 2.25. The molecular formula is C24H34N2O2S. The number of anilines is 1. The van der Waals surface area contributed by atoms with Gasteiger partial charge in [-0.05, 0) is 67.7 Å². The first kappa shape index (κ1) is 20.6. The Morgan fingerprint density at radius 2 is 1.86 bits per heavy atom. The fraction of sp³-hybridized carbons (Fsp3) is 0.625. The van der Waals surface area contributed by atoms with Gasteiger partial charge >= 0.3 is 5.97 Å². The lowest BCUT2D eigenvalue weighted by atomic mass is 9.69. The van der Waals surface area contributed by atoms with Crippen molar-refractivity contribution in [1.29, 1.82) is 0 Å². The van der Waals surface area contributed by atoms with Crippen LogP contribution >= 0.6 is 11.8 Å². The van der Waals surface area contributed by atoms with Crippen LogP contribution in [0.4, 0.5) is 5.69 Å². The van der Waals surface area contributed by atoms with Gasteiger partial charge in [-0.15, -0.1) is 0 Å². The van der Waals surface area contributed by atoms with Crippen molar-refractivity contribution in [2.24, 2.45) is 16.7 Å². The molecule has 4 nitrogen and oxygen atoms in total. The van der Waals surface area contributed by atoms with E-state index >= 15 is 0 Å². The quantitative estimate of drug-likeness (QED) is 0.647. The van der Waals surface area contributed by atoms with Crippen LogP contribution in [0.15, 0.2) is 28.8 Å². The second-order valence-corrected chi connectivity index (χ2v) is 11.5. The molecule has 1 aliphatic heterocycles. The van der Waals surface area contributed by atoms with E-state index in [1.165, 1.54) is 31.4 Å². The Kier molecular flexibility index (Phi) is 4.96. The third kappa shape index (κ3) is 3.67. The fourth-order valence-electron chi connectivity index (χ4n) is 4.87. The second-order valence-electron chi connectivity index (χ2n) is 10.4. The van der Waals surface area contributed by atoms with Gasteiger partial charge in [0.05, 0.1) is 5.56 Å². The molecule has 1 saturated carbocycles. The molecular weight excluding hydrogens is 380 g/mol. The summed E-state index contributed by atoms with van der Waals surface area (Å²) < 4.78 is 0. The fourth-order valence-corrected chi connectivity index (χ4v) is 6.64. The van der Waals surface area contributed by atoms with Gasteiger partial charge in [0.2, 0.25) is 0 Å². The van der Waals surface area contributed by atoms with Crippen molar-refractivity contribution >= 4 is 23.4 Å². The van der Waals surface area contributed by atoms with Crippen molar-refractivity contribution in [3.63, 3.8) is 0 Å². The molecule has 0 spiro atoms. The topological polar surface area (TPSA) is 43.8 Å². The minimum absolute atomic E-state index is 0.190. The van der Waals surface area contributed by atoms with Crippen LogP contribution in [-0.4, -0.2) is 35.1 Å². The molecule has 1 aromatic rings. The number of nitrogens with zero attached hydrogens (tertiary/aromatic N) is 2. The molecule has 0 bridgehead atoms. The number of hydrogen-bond acceptors (Lipinski definition) is 4. The Labute approximate surface area is 179 Å². The van der Waals surface area contributed by atoms with Gasteiger partial charge in [0.25, 0.3) is 0 Å². The first-order valence-electron chi connectivity index (χ1n) is 10.8. The molecule has 29 heavy (non-hydrogen) atoms. The zero-order valence-electron chi connectivity index (χ0n) is 18.6. The van der Waals surface area contributed by atoms with Gasteiger partial charge in [-0.3, -0.25) is 0 Å². The first-order valence-corrected chi connectivity index (χ1v) is 11.6. The van der Waals surface area contributed by atoms with Crippen molar-refractivity contribution in [2.45, 2.75) is 65.8 Å². The summed E-state index contributed by atoms with van der Waals surface area (Å²) in [5.41, 5.74) is 4.50. The van der Waals surface area contributed by atoms with Crippen molar-refractivity contribution < 1.29 is 9.90 Å². The molecule has 1 fully saturated rings. The number of carboxylic acid groups (broad SMARTS) is 1. The summed E-state index contributed by atoms with van der Waals surface area (Å²) in [6.07, 6.45) is 5.04. The Hall–Kier alpha value is -1.62. The highest BCUT2D eigenvalue weighted by Gasteiger charge is 2.49. The summed E-state index contributed by atoms with van der Waals surface area (Å²) in [5, 5.41) is 9.43. The van der Waals surface area contributed by atoms with Crippen molar-refractivity contribution in [3.8, 4) is 0 Å². The van der Waals surface area contributed by atoms with Gasteiger partial charge in [-0.1, -0.05) is 39.5 Å². The van der Waals surface area contributed by atoms with Crippen LogP contribution in [0.25, 0.3) is 0 Å². The summed E-state index contributed by atoms with van der Waals surface area (Å²) in [6, 6.07) is 5.84. The molecule has 4 rings (SSSR count). The Bertz CT molecular complexity index is 870. The van der Waals surface area contributed by atoms with Gasteiger partial charge in [-0.25, -0.2) is 4.79 Å². The Morgan fingerprint density at radius 3 is 2.41 bits per heavy atom. The third-order valence-corrected chi connectivity index (χ3v) is 8.71. The molecule has 3 aliphatic rings. The van der Waals surface area contributed by atoms with Gasteiger partial charge in [0, 0.05) is 35.3 Å². The molecule has 1 unspecified atom stereocenters. The molecule has 5 heteroatoms. The molecule has 1 atom stereocenters. The number of aryl methyl sites for hydroxylation is 1. The largest absolute Gasteiger partial charge is 0.478 e. The Morgan fingerprint density at radius 1 is 1.21 bits per heavy atom. The molecule has 0 aromatic heterocycles. The van der Waals surface area contributed by atoms with E-state index in [1.807, 2.05) is 24.8 Å². The van der Waals surface area contributed by atoms with Gasteiger partial charge in [-0.2, -0.15) is 0 Å². The van der Waals surface area contributed by atoms with E-state index in [4.69, 9.17) is 0 Å². The third-order valence-electron chi connectivity index (χ3n) is 6.94. The number of allylic oxidation sites excluding steroid dienone is 2. The highest BCUT2D eigenvalue weighted by atomic mass is 32.2. The van der Waals surface area contributed by atoms with E-state index in [2.05, 4.69) is 50.6 Å². The lowest BCUT2D eigenvalue weighted by Crippen LogP contribution is -2.45. The number of carbonyl (C=O) groups is 1. The minimum atomic E-state index is -0.851. The van der Waals surface area contributed by atoms with Crippen LogP contribution in [-0.2, 0) is 0 Å². The number of thioether (sulfide) groups is 1. The summed E-state index contributed by atoms with van der Waals surface area (Å²) in [5.74, 6) is -0.0992. The maximum Gasteiger partial charge on any atom is 0.335 e. The number of aromatic carboxylic acids is 1. The zero-order chi connectivity index (χ0) is 21.1. The summed E-state index contributed by atoms with van der Waals surface area (Å²) >= 11 is 2.02. The highest BCUT2D eigenvalue weighted by Crippen LogP contribution is 2.59. The predicted octanol–water partition coefficient (Wildman–Crippen LogP) is 5.93. The van der Waals surface area contributed by atoms with E-state index in [0.29, 0.717) is 5.56 Å². The summed E-state index contributed by atoms with van der Waals surface area (Å²) in [4.78, 5) is 18.0. The van der Waals surface area contributed by atoms with Gasteiger partial charge in [0.15, 0.2) is 5.50 Å². The lowest BCUT2D eigenvalue weighted by Gasteiger charge is -2.43. The highest BCUT2D eigenvalue weighted by molar-refractivity contribution is 8.04. The molecule has 2 aliphatic carbocycles. The van der Waals surface area contributed by atoms with E-state index in [1.54, 1.807) is 11.0 Å². The van der Waals surface area contributed by atoms with Gasteiger partial charge in [0.1, 0.15) is 0 Å². The Balaban J connectivity index is 1.70. The molecule has 158 valence electrons. The molecule has 0 saturated heterocycles. The van der Waals surface area contributed by atoms with Crippen LogP contribution in [0.1, 0.15) is 69.3 Å². The maximum absolute atomic E-state index is 11.5. The zero-order valence-corrected chi connectivity index (χ0v) is 19.4. The van der Waals surface area contributed by atoms with Gasteiger partial charge < -0.3 is 14.9 Å². The van der Waals surface area contributed by atoms with Crippen LogP contribution in [0, 0.1) is 23.7 Å². The summed E-state index contributed by atoms with van der Waals surface area (Å²) in [6.45, 7) is 12.5. The first-order chi connectivity index (χ1) is 13.5. The van der Waals surface area contributed by atoms with E-state index in [0.717, 1.165) is 23.7 Å². The standard InChI is InChI=1S/C24H34N2O2S/c1-15-13-17(9-10-18(15)21(27)28)26(14-16-7-8-16)22-25(6)19-20(29-22)24(4,5)12-11-23(19,2)3/h9-10,13,16,22H,7-8,11-12,14H2,1-6H3,(H,27,28). The molecule has 0 radical (unpaired) electrons. The molecule has 1 heterocycles. The number of rotatable bonds is 5. The number of carboxylic acids is 1. The average Bonchev–Trinajstić information content (AvgIpc) is 3.37. The monoisotopic (exact) mass is 414 g/mol. The SMILES string of the molecule is Cc1cc(N(CC2CC2)C2SC3=C(N2C)C(C)(C)CCC3(C)C)ccc1C(=O)O. The van der Waals surface area contributed by atoms with E-state index in [-0.39, 0.29) is 16.3 Å². The van der Waals surface area contributed by atoms with Crippen LogP contribution in [0.5, 0.6) is 0 Å². The van der Waals surface area contributed by atoms with Crippen LogP contribution in [0.2, 0.25) is 0 Å². The smallest absolute Gasteiger partial charge is 0.335 e. The normalized spacial score (nSPS) is 25.2. The average molecular weight is 415 g/mol. The van der Waals surface area contributed by atoms with Crippen molar-refractivity contribution in [3.05, 3.63) is 39.9 Å². The second kappa shape index (κ2) is 6.97. The molecule has 1 aromatic carbocycles. The molecule has 0 amide bonds. The van der Waals surface area contributed by atoms with E-state index < -0.39 is 5.97 Å². The maximum atomic E-state index is 11.5. The van der Waals surface area contributed by atoms with Crippen molar-refractivity contribution in [2.75, 3.05) is 18.5 Å². The number of hydrogen-bond donors (Lipinski definition) is 1. The lowest BCUT2D eigenvalue weighted by molar-refractivity contribution is 0.0696. The number of benzene rings is 1. The van der Waals surface area contributed by atoms with Crippen LogP contribution in [0.3, 0.4) is 0 Å².